The predicted octanol–water partition coefficient (Wildman–Crippen LogP) is 3.97. The lowest BCUT2D eigenvalue weighted by molar-refractivity contribution is -0.384. The fourth-order valence-electron chi connectivity index (χ4n) is 1.92. The average Bonchev–Trinajstić information content (AvgIpc) is 2.47. The molecule has 2 aromatic rings. The Labute approximate surface area is 122 Å². The summed E-state index contributed by atoms with van der Waals surface area (Å²) in [4.78, 5) is 22.3. The molecule has 0 radical (unpaired) electrons. The Kier molecular flexibility index (Phi) is 4.33. The van der Waals surface area contributed by atoms with Crippen LogP contribution in [0.1, 0.15) is 35.7 Å². The molecule has 0 unspecified atom stereocenters. The third-order valence-electron chi connectivity index (χ3n) is 3.15. The summed E-state index contributed by atoms with van der Waals surface area (Å²) in [6.45, 7) is 4.16. The van der Waals surface area contributed by atoms with Gasteiger partial charge in [0.2, 0.25) is 0 Å². The number of hydrogen-bond donors (Lipinski definition) is 1. The van der Waals surface area contributed by atoms with E-state index in [-0.39, 0.29) is 11.6 Å². The molecule has 0 saturated carbocycles. The van der Waals surface area contributed by atoms with E-state index in [0.29, 0.717) is 17.2 Å². The van der Waals surface area contributed by atoms with Crippen molar-refractivity contribution < 1.29 is 9.72 Å². The number of nitro groups is 1. The minimum Gasteiger partial charge on any atom is -0.322 e. The molecule has 0 fully saturated rings. The number of anilines is 1. The molecule has 0 aromatic heterocycles. The van der Waals surface area contributed by atoms with E-state index in [9.17, 15) is 14.9 Å². The van der Waals surface area contributed by atoms with E-state index >= 15 is 0 Å². The summed E-state index contributed by atoms with van der Waals surface area (Å²) in [5.41, 5.74) is 2.03. The number of carbonyl (C=O) groups excluding carboxylic acids is 1. The highest BCUT2D eigenvalue weighted by Gasteiger charge is 2.10. The van der Waals surface area contributed by atoms with Gasteiger partial charge in [0.15, 0.2) is 0 Å². The van der Waals surface area contributed by atoms with Crippen molar-refractivity contribution in [2.75, 3.05) is 5.32 Å². The largest absolute Gasteiger partial charge is 0.322 e. The number of rotatable bonds is 4. The predicted molar refractivity (Wildman–Crippen MR) is 81.6 cm³/mol. The van der Waals surface area contributed by atoms with Crippen molar-refractivity contribution >= 4 is 17.3 Å². The van der Waals surface area contributed by atoms with Crippen LogP contribution in [0.4, 0.5) is 11.4 Å². The maximum Gasteiger partial charge on any atom is 0.271 e. The Hall–Kier alpha value is -2.69. The molecule has 0 aliphatic heterocycles. The Bertz CT molecular complexity index is 663. The number of nitro benzene ring substituents is 1. The number of nitrogens with zero attached hydrogens (tertiary/aromatic N) is 1. The smallest absolute Gasteiger partial charge is 0.271 e. The van der Waals surface area contributed by atoms with Crippen molar-refractivity contribution in [1.29, 1.82) is 0 Å². The Morgan fingerprint density at radius 2 is 1.81 bits per heavy atom. The first-order valence-corrected chi connectivity index (χ1v) is 6.63. The molecule has 1 N–H and O–H groups in total. The number of hydrogen-bond acceptors (Lipinski definition) is 3. The zero-order valence-electron chi connectivity index (χ0n) is 11.9. The molecule has 0 atom stereocenters. The quantitative estimate of drug-likeness (QED) is 0.682. The van der Waals surface area contributed by atoms with Crippen LogP contribution in [-0.4, -0.2) is 10.8 Å². The highest BCUT2D eigenvalue weighted by molar-refractivity contribution is 6.04. The van der Waals surface area contributed by atoms with Crippen LogP contribution in [0.25, 0.3) is 0 Å². The first-order chi connectivity index (χ1) is 9.97. The number of benzene rings is 2. The van der Waals surface area contributed by atoms with Crippen molar-refractivity contribution in [3.05, 3.63) is 69.8 Å². The minimum atomic E-state index is -0.493. The van der Waals surface area contributed by atoms with E-state index in [1.165, 1.54) is 18.2 Å². The number of carbonyl (C=O) groups is 1. The fraction of sp³-hybridized carbons (Fsp3) is 0.188. The van der Waals surface area contributed by atoms with Crippen LogP contribution >= 0.6 is 0 Å². The summed E-state index contributed by atoms with van der Waals surface area (Å²) < 4.78 is 0. The summed E-state index contributed by atoms with van der Waals surface area (Å²) in [7, 11) is 0. The van der Waals surface area contributed by atoms with Crippen molar-refractivity contribution in [2.24, 2.45) is 0 Å². The summed E-state index contributed by atoms with van der Waals surface area (Å²) in [5, 5.41) is 13.4. The van der Waals surface area contributed by atoms with Crippen LogP contribution in [0.15, 0.2) is 48.5 Å². The third kappa shape index (κ3) is 3.66. The molecule has 0 aliphatic carbocycles. The fourth-order valence-corrected chi connectivity index (χ4v) is 1.92. The summed E-state index contributed by atoms with van der Waals surface area (Å²) in [6.07, 6.45) is 0. The van der Waals surface area contributed by atoms with Crippen LogP contribution in [0.5, 0.6) is 0 Å². The molecule has 21 heavy (non-hydrogen) atoms. The van der Waals surface area contributed by atoms with Gasteiger partial charge in [-0.3, -0.25) is 14.9 Å². The zero-order valence-corrected chi connectivity index (χ0v) is 11.9. The minimum absolute atomic E-state index is 0.0528. The Morgan fingerprint density at radius 3 is 2.38 bits per heavy atom. The molecular formula is C16H16N2O3. The monoisotopic (exact) mass is 284 g/mol. The standard InChI is InChI=1S/C16H16N2O3/c1-11(2)12-6-8-13(9-7-12)16(19)17-14-4-3-5-15(10-14)18(20)21/h3-11H,1-2H3,(H,17,19). The van der Waals surface area contributed by atoms with Crippen molar-refractivity contribution in [2.45, 2.75) is 19.8 Å². The van der Waals surface area contributed by atoms with Crippen LogP contribution in [0.2, 0.25) is 0 Å². The Morgan fingerprint density at radius 1 is 1.14 bits per heavy atom. The number of nitrogens with one attached hydrogen (secondary N) is 1. The summed E-state index contributed by atoms with van der Waals surface area (Å²) >= 11 is 0. The van der Waals surface area contributed by atoms with Crippen LogP contribution in [0.3, 0.4) is 0 Å². The lowest BCUT2D eigenvalue weighted by atomic mass is 10.0. The molecule has 108 valence electrons. The third-order valence-corrected chi connectivity index (χ3v) is 3.15. The van der Waals surface area contributed by atoms with Gasteiger partial charge < -0.3 is 5.32 Å². The van der Waals surface area contributed by atoms with Gasteiger partial charge in [-0.2, -0.15) is 0 Å². The van der Waals surface area contributed by atoms with Gasteiger partial charge in [-0.05, 0) is 29.7 Å². The van der Waals surface area contributed by atoms with Crippen molar-refractivity contribution in [3.63, 3.8) is 0 Å². The van der Waals surface area contributed by atoms with Gasteiger partial charge in [-0.25, -0.2) is 0 Å². The molecule has 1 amide bonds. The molecule has 5 nitrogen and oxygen atoms in total. The van der Waals surface area contributed by atoms with E-state index in [0.717, 1.165) is 5.56 Å². The second-order valence-corrected chi connectivity index (χ2v) is 5.04. The lowest BCUT2D eigenvalue weighted by Gasteiger charge is -2.08. The average molecular weight is 284 g/mol. The zero-order chi connectivity index (χ0) is 15.4. The maximum atomic E-state index is 12.1. The van der Waals surface area contributed by atoms with Crippen LogP contribution < -0.4 is 5.32 Å². The normalized spacial score (nSPS) is 10.4. The van der Waals surface area contributed by atoms with Gasteiger partial charge in [-0.1, -0.05) is 32.0 Å². The Balaban J connectivity index is 2.14. The molecule has 0 bridgehead atoms. The maximum absolute atomic E-state index is 12.1. The first kappa shape index (κ1) is 14.7. The molecule has 0 aliphatic rings. The molecule has 0 spiro atoms. The van der Waals surface area contributed by atoms with E-state index in [4.69, 9.17) is 0 Å². The number of non-ortho nitro benzene ring substituents is 1. The highest BCUT2D eigenvalue weighted by Crippen LogP contribution is 2.19. The molecule has 0 saturated heterocycles. The van der Waals surface area contributed by atoms with Gasteiger partial charge in [-0.15, -0.1) is 0 Å². The second kappa shape index (κ2) is 6.17. The van der Waals surface area contributed by atoms with E-state index in [2.05, 4.69) is 19.2 Å². The SMILES string of the molecule is CC(C)c1ccc(C(=O)Nc2cccc([N+](=O)[O-])c2)cc1. The first-order valence-electron chi connectivity index (χ1n) is 6.63. The summed E-state index contributed by atoms with van der Waals surface area (Å²) in [6, 6.07) is 13.2. The van der Waals surface area contributed by atoms with E-state index in [1.54, 1.807) is 18.2 Å². The lowest BCUT2D eigenvalue weighted by Crippen LogP contribution is -2.12. The van der Waals surface area contributed by atoms with Gasteiger partial charge in [0.25, 0.3) is 11.6 Å². The molecule has 2 aromatic carbocycles. The second-order valence-electron chi connectivity index (χ2n) is 5.04. The van der Waals surface area contributed by atoms with E-state index < -0.39 is 4.92 Å². The van der Waals surface area contributed by atoms with Crippen LogP contribution in [0, 0.1) is 10.1 Å². The molecule has 2 rings (SSSR count). The van der Waals surface area contributed by atoms with Gasteiger partial charge in [0.05, 0.1) is 4.92 Å². The molecule has 0 heterocycles. The number of amides is 1. The van der Waals surface area contributed by atoms with E-state index in [1.807, 2.05) is 12.1 Å². The molecular weight excluding hydrogens is 268 g/mol. The topological polar surface area (TPSA) is 72.2 Å². The van der Waals surface area contributed by atoms with Crippen molar-refractivity contribution in [3.8, 4) is 0 Å². The highest BCUT2D eigenvalue weighted by atomic mass is 16.6. The van der Waals surface area contributed by atoms with Gasteiger partial charge in [0.1, 0.15) is 0 Å². The summed E-state index contributed by atoms with van der Waals surface area (Å²) in [5.74, 6) is 0.115. The van der Waals surface area contributed by atoms with Gasteiger partial charge in [0, 0.05) is 23.4 Å². The van der Waals surface area contributed by atoms with Crippen molar-refractivity contribution in [1.82, 2.24) is 0 Å². The van der Waals surface area contributed by atoms with Gasteiger partial charge >= 0.3 is 0 Å². The molecule has 5 heteroatoms. The van der Waals surface area contributed by atoms with Crippen LogP contribution in [-0.2, 0) is 0 Å².